The molecule has 0 radical (unpaired) electrons. The highest BCUT2D eigenvalue weighted by atomic mass is 28.4. The molecule has 9 heteroatoms. The molecule has 8 nitrogen and oxygen atoms in total. The van der Waals surface area contributed by atoms with Crippen molar-refractivity contribution in [2.75, 3.05) is 19.8 Å². The van der Waals surface area contributed by atoms with Crippen molar-refractivity contribution in [1.29, 1.82) is 0 Å². The molecule has 4 rings (SSSR count). The van der Waals surface area contributed by atoms with E-state index >= 15 is 0 Å². The van der Waals surface area contributed by atoms with E-state index in [-0.39, 0.29) is 22.7 Å². The lowest BCUT2D eigenvalue weighted by Crippen LogP contribution is -2.50. The Hall–Kier alpha value is -2.75. The Bertz CT molecular complexity index is 1400. The highest BCUT2D eigenvalue weighted by molar-refractivity contribution is 6.74. The monoisotopic (exact) mass is 623 g/mol. The van der Waals surface area contributed by atoms with Crippen LogP contribution in [0.1, 0.15) is 78.3 Å². The van der Waals surface area contributed by atoms with Crippen molar-refractivity contribution in [3.05, 3.63) is 41.3 Å². The second-order valence-electron chi connectivity index (χ2n) is 14.9. The van der Waals surface area contributed by atoms with Crippen LogP contribution in [0.15, 0.2) is 28.8 Å². The Morgan fingerprint density at radius 1 is 1.00 bits per heavy atom. The average Bonchev–Trinajstić information content (AvgIpc) is 3.27. The smallest absolute Gasteiger partial charge is 0.220 e. The summed E-state index contributed by atoms with van der Waals surface area (Å²) in [7, 11) is -2.00. The Morgan fingerprint density at radius 2 is 1.68 bits per heavy atom. The summed E-state index contributed by atoms with van der Waals surface area (Å²) in [5, 5.41) is 4.30. The van der Waals surface area contributed by atoms with Crippen molar-refractivity contribution < 1.29 is 23.2 Å². The predicted molar refractivity (Wildman–Crippen MR) is 178 cm³/mol. The van der Waals surface area contributed by atoms with Crippen molar-refractivity contribution in [2.24, 2.45) is 11.3 Å². The molecule has 3 heterocycles. The molecule has 0 saturated carbocycles. The Kier molecular flexibility index (Phi) is 10.3. The molecule has 0 amide bonds. The third-order valence-corrected chi connectivity index (χ3v) is 13.7. The summed E-state index contributed by atoms with van der Waals surface area (Å²) in [4.78, 5) is 10.0. The number of aryl methyl sites for hydroxylation is 2. The van der Waals surface area contributed by atoms with Crippen molar-refractivity contribution >= 4 is 8.32 Å². The lowest BCUT2D eigenvalue weighted by Gasteiger charge is -2.43. The van der Waals surface area contributed by atoms with Gasteiger partial charge in [0.2, 0.25) is 5.88 Å². The molecule has 0 spiro atoms. The quantitative estimate of drug-likeness (QED) is 0.207. The number of benzene rings is 1. The minimum atomic E-state index is -2.00. The third kappa shape index (κ3) is 7.90. The maximum atomic E-state index is 6.81. The number of aromatic nitrogens is 3. The van der Waals surface area contributed by atoms with Crippen LogP contribution in [0.5, 0.6) is 11.6 Å². The summed E-state index contributed by atoms with van der Waals surface area (Å²) in [6.45, 7) is 28.1. The van der Waals surface area contributed by atoms with Gasteiger partial charge in [0.15, 0.2) is 14.1 Å². The molecular formula is C35H53N3O5Si. The van der Waals surface area contributed by atoms with Crippen LogP contribution in [0.25, 0.3) is 22.6 Å². The maximum Gasteiger partial charge on any atom is 0.220 e. The molecule has 2 aromatic heterocycles. The molecule has 2 unspecified atom stereocenters. The molecular weight excluding hydrogens is 570 g/mol. The minimum Gasteiger partial charge on any atom is -0.487 e. The summed E-state index contributed by atoms with van der Waals surface area (Å²) in [6, 6.07) is 8.01. The van der Waals surface area contributed by atoms with Crippen LogP contribution in [-0.2, 0) is 9.16 Å². The Labute approximate surface area is 265 Å². The molecule has 1 aliphatic rings. The van der Waals surface area contributed by atoms with Gasteiger partial charge in [-0.2, -0.15) is 4.98 Å². The highest BCUT2D eigenvalue weighted by Crippen LogP contribution is 2.40. The summed E-state index contributed by atoms with van der Waals surface area (Å²) < 4.78 is 31.0. The standard InChI is InChI=1S/C35H53N3O5Si/c1-22-30(29-23(2)38-42-24(29)3)36-32(37-33(22)40-21-26-16-18-39-19-17-26)27-14-13-15-28(20-27)41-31(34(5,6)7)25(4)43-44(11,12)35(8,9)10/h13-15,20,25-26,31H,16-19,21H2,1-12H3. The first-order valence-corrected chi connectivity index (χ1v) is 18.9. The first-order chi connectivity index (χ1) is 20.5. The van der Waals surface area contributed by atoms with Gasteiger partial charge >= 0.3 is 0 Å². The van der Waals surface area contributed by atoms with Crippen LogP contribution in [0, 0.1) is 32.1 Å². The SMILES string of the molecule is Cc1noc(C)c1-c1nc(-c2cccc(OC(C(C)O[Si](C)(C)C(C)(C)C)C(C)(C)C)c2)nc(OCC2CCOCC2)c1C. The molecule has 1 aliphatic heterocycles. The fraction of sp³-hybridized carbons (Fsp3) is 0.629. The van der Waals surface area contributed by atoms with Crippen LogP contribution in [0.4, 0.5) is 0 Å². The molecule has 0 aliphatic carbocycles. The topological polar surface area (TPSA) is 88.7 Å². The van der Waals surface area contributed by atoms with E-state index in [9.17, 15) is 0 Å². The Morgan fingerprint density at radius 3 is 2.27 bits per heavy atom. The lowest BCUT2D eigenvalue weighted by atomic mass is 9.86. The number of ether oxygens (including phenoxy) is 3. The zero-order valence-corrected chi connectivity index (χ0v) is 30.0. The summed E-state index contributed by atoms with van der Waals surface area (Å²) in [5.41, 5.74) is 3.98. The zero-order valence-electron chi connectivity index (χ0n) is 29.0. The van der Waals surface area contributed by atoms with Gasteiger partial charge < -0.3 is 23.2 Å². The van der Waals surface area contributed by atoms with Crippen molar-refractivity contribution in [3.63, 3.8) is 0 Å². The van der Waals surface area contributed by atoms with E-state index in [1.807, 2.05) is 45.0 Å². The largest absolute Gasteiger partial charge is 0.487 e. The van der Waals surface area contributed by atoms with Crippen molar-refractivity contribution in [3.8, 4) is 34.3 Å². The number of nitrogens with zero attached hydrogens (tertiary/aromatic N) is 3. The Balaban J connectivity index is 1.69. The zero-order chi connectivity index (χ0) is 32.4. The molecule has 2 atom stereocenters. The fourth-order valence-corrected chi connectivity index (χ4v) is 6.88. The molecule has 1 aromatic carbocycles. The van der Waals surface area contributed by atoms with E-state index in [0.717, 1.165) is 59.9 Å². The summed E-state index contributed by atoms with van der Waals surface area (Å²) in [5.74, 6) is 3.04. The van der Waals surface area contributed by atoms with Gasteiger partial charge in [-0.3, -0.25) is 0 Å². The van der Waals surface area contributed by atoms with E-state index in [0.29, 0.717) is 30.0 Å². The molecule has 1 fully saturated rings. The van der Waals surface area contributed by atoms with E-state index in [4.69, 9.17) is 33.1 Å². The number of hydrogen-bond donors (Lipinski definition) is 0. The van der Waals surface area contributed by atoms with Crippen molar-refractivity contribution in [1.82, 2.24) is 15.1 Å². The van der Waals surface area contributed by atoms with Gasteiger partial charge in [-0.05, 0) is 76.7 Å². The highest BCUT2D eigenvalue weighted by Gasteiger charge is 2.42. The first-order valence-electron chi connectivity index (χ1n) is 16.0. The van der Waals surface area contributed by atoms with Gasteiger partial charge in [0.1, 0.15) is 17.6 Å². The lowest BCUT2D eigenvalue weighted by molar-refractivity contribution is -0.0110. The maximum absolute atomic E-state index is 6.81. The average molecular weight is 624 g/mol. The van der Waals surface area contributed by atoms with Gasteiger partial charge in [-0.1, -0.05) is 58.8 Å². The van der Waals surface area contributed by atoms with E-state index in [1.165, 1.54) is 0 Å². The number of rotatable bonds is 10. The third-order valence-electron chi connectivity index (χ3n) is 9.09. The second kappa shape index (κ2) is 13.3. The van der Waals surface area contributed by atoms with Gasteiger partial charge in [-0.25, -0.2) is 4.98 Å². The molecule has 0 N–H and O–H groups in total. The van der Waals surface area contributed by atoms with Crippen LogP contribution in [-0.4, -0.2) is 55.5 Å². The second-order valence-corrected chi connectivity index (χ2v) is 19.7. The fourth-order valence-electron chi connectivity index (χ4n) is 5.48. The van der Waals surface area contributed by atoms with Gasteiger partial charge in [0, 0.05) is 29.8 Å². The summed E-state index contributed by atoms with van der Waals surface area (Å²) >= 11 is 0. The van der Waals surface area contributed by atoms with Gasteiger partial charge in [0.25, 0.3) is 0 Å². The van der Waals surface area contributed by atoms with Crippen LogP contribution >= 0.6 is 0 Å². The molecule has 0 bridgehead atoms. The van der Waals surface area contributed by atoms with E-state index in [2.05, 4.69) is 66.7 Å². The molecule has 44 heavy (non-hydrogen) atoms. The van der Waals surface area contributed by atoms with Gasteiger partial charge in [-0.15, -0.1) is 0 Å². The van der Waals surface area contributed by atoms with Crippen LogP contribution in [0.3, 0.4) is 0 Å². The van der Waals surface area contributed by atoms with E-state index < -0.39 is 8.32 Å². The van der Waals surface area contributed by atoms with Crippen molar-refractivity contribution in [2.45, 2.75) is 112 Å². The normalized spacial score (nSPS) is 16.5. The molecule has 3 aromatic rings. The number of hydrogen-bond acceptors (Lipinski definition) is 8. The van der Waals surface area contributed by atoms with Gasteiger partial charge in [0.05, 0.1) is 29.7 Å². The predicted octanol–water partition coefficient (Wildman–Crippen LogP) is 8.73. The summed E-state index contributed by atoms with van der Waals surface area (Å²) in [6.07, 6.45) is 1.72. The molecule has 1 saturated heterocycles. The molecule has 242 valence electrons. The minimum absolute atomic E-state index is 0.0912. The van der Waals surface area contributed by atoms with Crippen LogP contribution in [0.2, 0.25) is 18.1 Å². The van der Waals surface area contributed by atoms with E-state index in [1.54, 1.807) is 0 Å². The first kappa shape index (κ1) is 34.1. The van der Waals surface area contributed by atoms with Crippen LogP contribution < -0.4 is 9.47 Å².